The summed E-state index contributed by atoms with van der Waals surface area (Å²) in [5, 5.41) is 0.770. The van der Waals surface area contributed by atoms with Crippen molar-refractivity contribution in [3.05, 3.63) is 57.8 Å². The van der Waals surface area contributed by atoms with E-state index in [1.807, 2.05) is 0 Å². The first-order valence-electron chi connectivity index (χ1n) is 5.37. The maximum absolute atomic E-state index is 14.3. The molecule has 0 saturated carbocycles. The number of methoxy groups -OCH3 is 1. The van der Waals surface area contributed by atoms with Gasteiger partial charge in [-0.25, -0.2) is 9.18 Å². The van der Waals surface area contributed by atoms with Gasteiger partial charge in [-0.3, -0.25) is 0 Å². The number of carbonyl (C=O) groups excluding carboxylic acids is 1. The molecule has 19 heavy (non-hydrogen) atoms. The molecule has 0 aliphatic rings. The number of halogens is 3. The Morgan fingerprint density at radius 3 is 2.53 bits per heavy atom. The third kappa shape index (κ3) is 2.72. The smallest absolute Gasteiger partial charge is 0.340 e. The molecule has 2 nitrogen and oxygen atoms in total. The fourth-order valence-corrected chi connectivity index (χ4v) is 2.23. The van der Waals surface area contributed by atoms with Gasteiger partial charge in [0, 0.05) is 21.2 Å². The zero-order valence-electron chi connectivity index (χ0n) is 9.91. The third-order valence-corrected chi connectivity index (χ3v) is 3.17. The van der Waals surface area contributed by atoms with Crippen molar-refractivity contribution in [3.63, 3.8) is 0 Å². The number of hydrogen-bond donors (Lipinski definition) is 0. The number of esters is 1. The summed E-state index contributed by atoms with van der Waals surface area (Å²) in [4.78, 5) is 11.4. The Morgan fingerprint density at radius 1 is 1.16 bits per heavy atom. The lowest BCUT2D eigenvalue weighted by Gasteiger charge is -2.09. The van der Waals surface area contributed by atoms with Crippen molar-refractivity contribution in [2.45, 2.75) is 0 Å². The quantitative estimate of drug-likeness (QED) is 0.758. The molecule has 0 spiro atoms. The first kappa shape index (κ1) is 13.8. The molecule has 5 heteroatoms. The highest BCUT2D eigenvalue weighted by Crippen LogP contribution is 2.33. The van der Waals surface area contributed by atoms with Crippen LogP contribution in [0.4, 0.5) is 4.39 Å². The van der Waals surface area contributed by atoms with E-state index < -0.39 is 11.8 Å². The summed E-state index contributed by atoms with van der Waals surface area (Å²) in [5.41, 5.74) is 0.560. The predicted molar refractivity (Wildman–Crippen MR) is 73.2 cm³/mol. The van der Waals surface area contributed by atoms with Crippen molar-refractivity contribution in [2.24, 2.45) is 0 Å². The summed E-state index contributed by atoms with van der Waals surface area (Å²) in [5.74, 6) is -1.40. The monoisotopic (exact) mass is 298 g/mol. The summed E-state index contributed by atoms with van der Waals surface area (Å²) >= 11 is 11.8. The Morgan fingerprint density at radius 2 is 1.89 bits per heavy atom. The number of rotatable bonds is 2. The molecule has 0 heterocycles. The molecule has 0 fully saturated rings. The van der Waals surface area contributed by atoms with Gasteiger partial charge in [0.25, 0.3) is 0 Å². The minimum absolute atomic E-state index is 0.133. The Balaban J connectivity index is 2.60. The standard InChI is InChI=1S/C14H9Cl2FO2/c1-19-14(18)11-4-2-3-10(13(11)17)9-6-5-8(15)7-12(9)16/h2-7H,1H3. The summed E-state index contributed by atoms with van der Waals surface area (Å²) in [6, 6.07) is 9.18. The van der Waals surface area contributed by atoms with Crippen LogP contribution in [-0.2, 0) is 4.74 Å². The topological polar surface area (TPSA) is 26.3 Å². The molecule has 0 aromatic heterocycles. The van der Waals surface area contributed by atoms with Crippen LogP contribution in [0.3, 0.4) is 0 Å². The average Bonchev–Trinajstić information content (AvgIpc) is 2.39. The van der Waals surface area contributed by atoms with Gasteiger partial charge in [0.15, 0.2) is 0 Å². The molecule has 2 aromatic carbocycles. The lowest BCUT2D eigenvalue weighted by molar-refractivity contribution is 0.0595. The molecule has 98 valence electrons. The first-order valence-corrected chi connectivity index (χ1v) is 6.12. The van der Waals surface area contributed by atoms with Crippen molar-refractivity contribution in [2.75, 3.05) is 7.11 Å². The molecular weight excluding hydrogens is 290 g/mol. The maximum atomic E-state index is 14.3. The van der Waals surface area contributed by atoms with E-state index in [1.54, 1.807) is 18.2 Å². The molecule has 0 N–H and O–H groups in total. The van der Waals surface area contributed by atoms with Crippen LogP contribution >= 0.6 is 23.2 Å². The van der Waals surface area contributed by atoms with Crippen LogP contribution in [0.5, 0.6) is 0 Å². The third-order valence-electron chi connectivity index (χ3n) is 2.63. The van der Waals surface area contributed by atoms with Gasteiger partial charge in [0.1, 0.15) is 5.82 Å². The van der Waals surface area contributed by atoms with E-state index in [9.17, 15) is 9.18 Å². The van der Waals surface area contributed by atoms with Crippen LogP contribution in [0.25, 0.3) is 11.1 Å². The molecule has 0 aliphatic heterocycles. The van der Waals surface area contributed by atoms with Gasteiger partial charge in [0.2, 0.25) is 0 Å². The summed E-state index contributed by atoms with van der Waals surface area (Å²) in [6.07, 6.45) is 0. The Labute approximate surface area is 119 Å². The fourth-order valence-electron chi connectivity index (χ4n) is 1.72. The largest absolute Gasteiger partial charge is 0.465 e. The lowest BCUT2D eigenvalue weighted by Crippen LogP contribution is -2.05. The second-order valence-electron chi connectivity index (χ2n) is 3.78. The van der Waals surface area contributed by atoms with Crippen LogP contribution in [0.15, 0.2) is 36.4 Å². The van der Waals surface area contributed by atoms with Gasteiger partial charge >= 0.3 is 5.97 Å². The van der Waals surface area contributed by atoms with Gasteiger partial charge < -0.3 is 4.74 Å². The number of carbonyl (C=O) groups is 1. The molecule has 0 unspecified atom stereocenters. The summed E-state index contributed by atoms with van der Waals surface area (Å²) < 4.78 is 18.8. The highest BCUT2D eigenvalue weighted by Gasteiger charge is 2.17. The average molecular weight is 299 g/mol. The van der Waals surface area contributed by atoms with E-state index in [2.05, 4.69) is 4.74 Å². The summed E-state index contributed by atoms with van der Waals surface area (Å²) in [6.45, 7) is 0. The van der Waals surface area contributed by atoms with E-state index in [0.717, 1.165) is 0 Å². The van der Waals surface area contributed by atoms with E-state index in [-0.39, 0.29) is 11.1 Å². The van der Waals surface area contributed by atoms with Crippen molar-refractivity contribution in [3.8, 4) is 11.1 Å². The maximum Gasteiger partial charge on any atom is 0.340 e. The van der Waals surface area contributed by atoms with Crippen molar-refractivity contribution in [1.82, 2.24) is 0 Å². The minimum Gasteiger partial charge on any atom is -0.465 e. The van der Waals surface area contributed by atoms with Gasteiger partial charge in [-0.2, -0.15) is 0 Å². The van der Waals surface area contributed by atoms with Crippen LogP contribution < -0.4 is 0 Å². The van der Waals surface area contributed by atoms with Gasteiger partial charge in [-0.1, -0.05) is 41.4 Å². The number of hydrogen-bond acceptors (Lipinski definition) is 2. The number of ether oxygens (including phenoxy) is 1. The zero-order valence-corrected chi connectivity index (χ0v) is 11.4. The number of benzene rings is 2. The fraction of sp³-hybridized carbons (Fsp3) is 0.0714. The molecule has 0 atom stereocenters. The van der Waals surface area contributed by atoms with E-state index in [4.69, 9.17) is 23.2 Å². The van der Waals surface area contributed by atoms with Crippen LogP contribution in [0, 0.1) is 5.82 Å². The Hall–Kier alpha value is -1.58. The molecule has 0 saturated heterocycles. The first-order chi connectivity index (χ1) is 9.04. The SMILES string of the molecule is COC(=O)c1cccc(-c2ccc(Cl)cc2Cl)c1F. The molecule has 0 radical (unpaired) electrons. The predicted octanol–water partition coefficient (Wildman–Crippen LogP) is 4.59. The van der Waals surface area contributed by atoms with E-state index in [0.29, 0.717) is 15.6 Å². The minimum atomic E-state index is -0.732. The van der Waals surface area contributed by atoms with Crippen molar-refractivity contribution in [1.29, 1.82) is 0 Å². The van der Waals surface area contributed by atoms with Crippen molar-refractivity contribution < 1.29 is 13.9 Å². The molecule has 0 aliphatic carbocycles. The van der Waals surface area contributed by atoms with Gasteiger partial charge in [-0.05, 0) is 18.2 Å². The Bertz CT molecular complexity index is 641. The van der Waals surface area contributed by atoms with Crippen LogP contribution in [-0.4, -0.2) is 13.1 Å². The van der Waals surface area contributed by atoms with E-state index in [1.165, 1.54) is 25.3 Å². The van der Waals surface area contributed by atoms with Crippen LogP contribution in [0.2, 0.25) is 10.0 Å². The molecule has 2 aromatic rings. The molecule has 0 bridgehead atoms. The normalized spacial score (nSPS) is 10.3. The second kappa shape index (κ2) is 5.59. The molecule has 2 rings (SSSR count). The summed E-state index contributed by atoms with van der Waals surface area (Å²) in [7, 11) is 1.20. The molecule has 0 amide bonds. The van der Waals surface area contributed by atoms with Gasteiger partial charge in [0.05, 0.1) is 12.7 Å². The van der Waals surface area contributed by atoms with E-state index >= 15 is 0 Å². The Kier molecular flexibility index (Phi) is 4.08. The van der Waals surface area contributed by atoms with Crippen LogP contribution in [0.1, 0.15) is 10.4 Å². The zero-order chi connectivity index (χ0) is 14.0. The second-order valence-corrected chi connectivity index (χ2v) is 4.63. The van der Waals surface area contributed by atoms with Crippen molar-refractivity contribution >= 4 is 29.2 Å². The highest BCUT2D eigenvalue weighted by molar-refractivity contribution is 6.36. The van der Waals surface area contributed by atoms with Gasteiger partial charge in [-0.15, -0.1) is 0 Å². The highest BCUT2D eigenvalue weighted by atomic mass is 35.5. The lowest BCUT2D eigenvalue weighted by atomic mass is 10.0. The molecular formula is C14H9Cl2FO2.